The standard InChI is InChI=1S/C17H27N3O/c1-11-7-8-14-13(9-11)12(2)10-16(3,4)20(14)17(5,6)15(21)19-18/h7-9,12H,10,18H2,1-6H3,(H,19,21)/t12-/m1/s1. The Morgan fingerprint density at radius 3 is 2.62 bits per heavy atom. The van der Waals surface area contributed by atoms with Gasteiger partial charge in [-0.1, -0.05) is 24.6 Å². The van der Waals surface area contributed by atoms with Crippen molar-refractivity contribution in [3.05, 3.63) is 29.3 Å². The van der Waals surface area contributed by atoms with Crippen LogP contribution in [0.3, 0.4) is 0 Å². The lowest BCUT2D eigenvalue weighted by Gasteiger charge is -2.54. The Bertz CT molecular complexity index is 563. The van der Waals surface area contributed by atoms with Crippen LogP contribution in [0.25, 0.3) is 0 Å². The van der Waals surface area contributed by atoms with Crippen LogP contribution in [-0.2, 0) is 4.79 Å². The molecule has 2 rings (SSSR count). The number of hydrogen-bond acceptors (Lipinski definition) is 3. The quantitative estimate of drug-likeness (QED) is 0.500. The van der Waals surface area contributed by atoms with Crippen molar-refractivity contribution in [2.45, 2.75) is 65.0 Å². The third kappa shape index (κ3) is 2.53. The van der Waals surface area contributed by atoms with Gasteiger partial charge in [0.2, 0.25) is 0 Å². The topological polar surface area (TPSA) is 58.4 Å². The predicted octanol–water partition coefficient (Wildman–Crippen LogP) is 2.86. The maximum atomic E-state index is 12.3. The number of carbonyl (C=O) groups is 1. The van der Waals surface area contributed by atoms with Gasteiger partial charge in [0.1, 0.15) is 5.54 Å². The molecule has 1 aliphatic rings. The highest BCUT2D eigenvalue weighted by Gasteiger charge is 2.46. The number of nitrogens with two attached hydrogens (primary N) is 1. The molecule has 1 aliphatic heterocycles. The fraction of sp³-hybridized carbons (Fsp3) is 0.588. The zero-order valence-corrected chi connectivity index (χ0v) is 13.9. The molecule has 1 amide bonds. The van der Waals surface area contributed by atoms with E-state index in [9.17, 15) is 4.79 Å². The number of aryl methyl sites for hydroxylation is 1. The molecule has 0 radical (unpaired) electrons. The molecular weight excluding hydrogens is 262 g/mol. The number of hydrazine groups is 1. The van der Waals surface area contributed by atoms with E-state index in [1.807, 2.05) is 13.8 Å². The zero-order chi connectivity index (χ0) is 16.0. The second-order valence-electron chi connectivity index (χ2n) is 7.35. The molecule has 4 nitrogen and oxygen atoms in total. The van der Waals surface area contributed by atoms with Gasteiger partial charge in [-0.05, 0) is 58.6 Å². The first-order valence-electron chi connectivity index (χ1n) is 7.53. The van der Waals surface area contributed by atoms with Crippen molar-refractivity contribution in [3.8, 4) is 0 Å². The molecule has 0 saturated heterocycles. The summed E-state index contributed by atoms with van der Waals surface area (Å²) in [4.78, 5) is 14.5. The number of nitrogens with zero attached hydrogens (tertiary/aromatic N) is 1. The minimum absolute atomic E-state index is 0.113. The molecule has 1 atom stereocenters. The third-order valence-corrected chi connectivity index (χ3v) is 4.61. The minimum atomic E-state index is -0.706. The van der Waals surface area contributed by atoms with Gasteiger partial charge >= 0.3 is 0 Å². The largest absolute Gasteiger partial charge is 0.352 e. The van der Waals surface area contributed by atoms with Crippen LogP contribution in [0.15, 0.2) is 18.2 Å². The highest BCUT2D eigenvalue weighted by molar-refractivity contribution is 5.89. The van der Waals surface area contributed by atoms with E-state index >= 15 is 0 Å². The molecule has 1 aromatic rings. The smallest absolute Gasteiger partial charge is 0.259 e. The summed E-state index contributed by atoms with van der Waals surface area (Å²) in [5.74, 6) is 5.70. The summed E-state index contributed by atoms with van der Waals surface area (Å²) in [6.07, 6.45) is 1.00. The van der Waals surface area contributed by atoms with Crippen molar-refractivity contribution in [1.29, 1.82) is 0 Å². The van der Waals surface area contributed by atoms with Crippen molar-refractivity contribution in [3.63, 3.8) is 0 Å². The van der Waals surface area contributed by atoms with E-state index in [0.717, 1.165) is 12.1 Å². The Morgan fingerprint density at radius 1 is 1.43 bits per heavy atom. The molecule has 21 heavy (non-hydrogen) atoms. The van der Waals surface area contributed by atoms with Gasteiger partial charge in [0, 0.05) is 11.2 Å². The van der Waals surface area contributed by atoms with E-state index in [1.54, 1.807) is 0 Å². The Hall–Kier alpha value is -1.55. The minimum Gasteiger partial charge on any atom is -0.352 e. The van der Waals surface area contributed by atoms with Crippen molar-refractivity contribution >= 4 is 11.6 Å². The van der Waals surface area contributed by atoms with Gasteiger partial charge < -0.3 is 4.90 Å². The molecule has 116 valence electrons. The third-order valence-electron chi connectivity index (χ3n) is 4.61. The van der Waals surface area contributed by atoms with Crippen molar-refractivity contribution in [2.24, 2.45) is 5.84 Å². The number of benzene rings is 1. The summed E-state index contributed by atoms with van der Waals surface area (Å²) in [7, 11) is 0. The van der Waals surface area contributed by atoms with Crippen LogP contribution < -0.4 is 16.2 Å². The maximum Gasteiger partial charge on any atom is 0.259 e. The number of rotatable bonds is 2. The van der Waals surface area contributed by atoms with Gasteiger partial charge in [-0.25, -0.2) is 5.84 Å². The van der Waals surface area contributed by atoms with Crippen molar-refractivity contribution < 1.29 is 4.79 Å². The van der Waals surface area contributed by atoms with Crippen molar-refractivity contribution in [2.75, 3.05) is 4.90 Å². The van der Waals surface area contributed by atoms with Crippen LogP contribution in [-0.4, -0.2) is 17.0 Å². The molecule has 4 heteroatoms. The summed E-state index contributed by atoms with van der Waals surface area (Å²) < 4.78 is 0. The molecule has 0 aliphatic carbocycles. The Morgan fingerprint density at radius 2 is 2.05 bits per heavy atom. The lowest BCUT2D eigenvalue weighted by molar-refractivity contribution is -0.126. The van der Waals surface area contributed by atoms with Gasteiger partial charge in [0.15, 0.2) is 0 Å². The number of hydrogen-bond donors (Lipinski definition) is 2. The van der Waals surface area contributed by atoms with Gasteiger partial charge in [-0.2, -0.15) is 0 Å². The highest BCUT2D eigenvalue weighted by atomic mass is 16.2. The number of nitrogens with one attached hydrogen (secondary N) is 1. The lowest BCUT2D eigenvalue weighted by atomic mass is 9.76. The number of carbonyl (C=O) groups excluding carboxylic acids is 1. The van der Waals surface area contributed by atoms with E-state index < -0.39 is 5.54 Å². The number of amides is 1. The second kappa shape index (κ2) is 5.02. The van der Waals surface area contributed by atoms with Gasteiger partial charge in [-0.15, -0.1) is 0 Å². The lowest BCUT2D eigenvalue weighted by Crippen LogP contribution is -2.65. The van der Waals surface area contributed by atoms with Crippen molar-refractivity contribution in [1.82, 2.24) is 5.43 Å². The van der Waals surface area contributed by atoms with E-state index in [1.165, 1.54) is 11.1 Å². The van der Waals surface area contributed by atoms with Gasteiger partial charge in [0.25, 0.3) is 5.91 Å². The Labute approximate surface area is 127 Å². The highest BCUT2D eigenvalue weighted by Crippen LogP contribution is 2.46. The van der Waals surface area contributed by atoms with Crippen LogP contribution in [0, 0.1) is 6.92 Å². The molecule has 0 bridgehead atoms. The van der Waals surface area contributed by atoms with E-state index in [0.29, 0.717) is 5.92 Å². The van der Waals surface area contributed by atoms with E-state index in [2.05, 4.69) is 56.2 Å². The first-order valence-corrected chi connectivity index (χ1v) is 7.53. The summed E-state index contributed by atoms with van der Waals surface area (Å²) >= 11 is 0. The predicted molar refractivity (Wildman–Crippen MR) is 87.2 cm³/mol. The first-order chi connectivity index (χ1) is 9.61. The summed E-state index contributed by atoms with van der Waals surface area (Å²) in [5, 5.41) is 0. The average molecular weight is 289 g/mol. The molecule has 1 heterocycles. The molecule has 3 N–H and O–H groups in total. The fourth-order valence-electron chi connectivity index (χ4n) is 3.88. The molecule has 1 aromatic carbocycles. The second-order valence-corrected chi connectivity index (χ2v) is 7.35. The molecule has 0 saturated carbocycles. The van der Waals surface area contributed by atoms with E-state index in [4.69, 9.17) is 5.84 Å². The summed E-state index contributed by atoms with van der Waals surface area (Å²) in [5.41, 5.74) is 5.19. The maximum absolute atomic E-state index is 12.3. The van der Waals surface area contributed by atoms with Gasteiger partial charge in [0.05, 0.1) is 0 Å². The number of anilines is 1. The fourth-order valence-corrected chi connectivity index (χ4v) is 3.88. The Balaban J connectivity index is 2.63. The molecule has 0 spiro atoms. The monoisotopic (exact) mass is 289 g/mol. The Kier molecular flexibility index (Phi) is 3.79. The number of fused-ring (bicyclic) bond motifs is 1. The van der Waals surface area contributed by atoms with E-state index in [-0.39, 0.29) is 11.4 Å². The van der Waals surface area contributed by atoms with Crippen LogP contribution in [0.1, 0.15) is 58.1 Å². The molecule has 0 fully saturated rings. The van der Waals surface area contributed by atoms with Crippen LogP contribution in [0.4, 0.5) is 5.69 Å². The molecule has 0 aromatic heterocycles. The normalized spacial score (nSPS) is 20.9. The average Bonchev–Trinajstić information content (AvgIpc) is 2.37. The zero-order valence-electron chi connectivity index (χ0n) is 13.9. The molecule has 0 unspecified atom stereocenters. The SMILES string of the molecule is Cc1ccc2c(c1)[C@H](C)CC(C)(C)N2C(C)(C)C(=O)NN. The summed E-state index contributed by atoms with van der Waals surface area (Å²) in [6.45, 7) is 12.6. The van der Waals surface area contributed by atoms with Crippen LogP contribution >= 0.6 is 0 Å². The first kappa shape index (κ1) is 15.8. The van der Waals surface area contributed by atoms with Gasteiger partial charge in [-0.3, -0.25) is 10.2 Å². The summed E-state index contributed by atoms with van der Waals surface area (Å²) in [6, 6.07) is 6.47. The van der Waals surface area contributed by atoms with Crippen LogP contribution in [0.5, 0.6) is 0 Å². The molecular formula is C17H27N3O. The van der Waals surface area contributed by atoms with Crippen LogP contribution in [0.2, 0.25) is 0 Å².